The third-order valence-corrected chi connectivity index (χ3v) is 4.59. The van der Waals surface area contributed by atoms with Crippen molar-refractivity contribution in [3.63, 3.8) is 0 Å². The molecule has 0 bridgehead atoms. The normalized spacial score (nSPS) is 21.6. The van der Waals surface area contributed by atoms with Gasteiger partial charge in [-0.3, -0.25) is 0 Å². The highest BCUT2D eigenvalue weighted by atomic mass is 35.5. The minimum Gasteiger partial charge on any atom is -0.452 e. The lowest BCUT2D eigenvalue weighted by Gasteiger charge is -2.36. The Morgan fingerprint density at radius 2 is 1.90 bits per heavy atom. The van der Waals surface area contributed by atoms with Gasteiger partial charge in [0.25, 0.3) is 6.02 Å². The highest BCUT2D eigenvalue weighted by Gasteiger charge is 2.50. The molecule has 1 aliphatic heterocycles. The zero-order valence-corrected chi connectivity index (χ0v) is 16.1. The molecule has 10 heteroatoms. The van der Waals surface area contributed by atoms with Crippen molar-refractivity contribution in [2.75, 3.05) is 0 Å². The van der Waals surface area contributed by atoms with Gasteiger partial charge >= 0.3 is 6.18 Å². The van der Waals surface area contributed by atoms with E-state index in [9.17, 15) is 17.6 Å². The Balaban J connectivity index is 2.03. The first kappa shape index (κ1) is 20.9. The van der Waals surface area contributed by atoms with Crippen LogP contribution in [0, 0.1) is 24.6 Å². The Morgan fingerprint density at radius 3 is 2.52 bits per heavy atom. The number of nitrogens with two attached hydrogens (primary N) is 1. The van der Waals surface area contributed by atoms with Gasteiger partial charge in [0.05, 0.1) is 23.0 Å². The van der Waals surface area contributed by atoms with Crippen molar-refractivity contribution in [3.05, 3.63) is 57.9 Å². The van der Waals surface area contributed by atoms with E-state index >= 15 is 0 Å². The van der Waals surface area contributed by atoms with Gasteiger partial charge in [-0.15, -0.1) is 0 Å². The molecule has 2 aromatic rings. The van der Waals surface area contributed by atoms with E-state index in [0.29, 0.717) is 16.1 Å². The number of benzene rings is 1. The smallest absolute Gasteiger partial charge is 0.425 e. The fraction of sp³-hybridized carbons (Fsp3) is 0.316. The average molecular weight is 427 g/mol. The average Bonchev–Trinajstić information content (AvgIpc) is 2.60. The Bertz CT molecular complexity index is 1030. The van der Waals surface area contributed by atoms with Crippen LogP contribution in [-0.4, -0.2) is 28.3 Å². The molecule has 1 aliphatic rings. The van der Waals surface area contributed by atoms with Gasteiger partial charge in [0.15, 0.2) is 6.10 Å². The minimum atomic E-state index is -4.67. The van der Waals surface area contributed by atoms with E-state index in [1.807, 2.05) is 0 Å². The molecule has 0 saturated carbocycles. The van der Waals surface area contributed by atoms with Crippen LogP contribution in [0.25, 0.3) is 0 Å². The molecule has 1 aromatic heterocycles. The van der Waals surface area contributed by atoms with E-state index in [0.717, 1.165) is 0 Å². The van der Waals surface area contributed by atoms with Crippen molar-refractivity contribution in [1.29, 1.82) is 0 Å². The number of aliphatic imine (C=N–C) groups is 1. The molecular weight excluding hydrogens is 412 g/mol. The number of aromatic nitrogens is 2. The van der Waals surface area contributed by atoms with Crippen LogP contribution < -0.4 is 5.73 Å². The number of hydrogen-bond donors (Lipinski definition) is 1. The third-order valence-electron chi connectivity index (χ3n) is 4.39. The summed E-state index contributed by atoms with van der Waals surface area (Å²) in [4.78, 5) is 11.8. The number of ether oxygens (including phenoxy) is 1. The van der Waals surface area contributed by atoms with Crippen LogP contribution >= 0.6 is 11.6 Å². The van der Waals surface area contributed by atoms with Crippen molar-refractivity contribution in [1.82, 2.24) is 9.97 Å². The van der Waals surface area contributed by atoms with Gasteiger partial charge in [-0.2, -0.15) is 13.2 Å². The predicted molar refractivity (Wildman–Crippen MR) is 98.7 cm³/mol. The summed E-state index contributed by atoms with van der Waals surface area (Å²) >= 11 is 5.72. The number of hydrogen-bond acceptors (Lipinski definition) is 5. The Labute approximate surface area is 169 Å². The molecule has 0 amide bonds. The summed E-state index contributed by atoms with van der Waals surface area (Å²) in [6.07, 6.45) is -4.73. The molecule has 152 valence electrons. The van der Waals surface area contributed by atoms with Gasteiger partial charge in [0.2, 0.25) is 5.82 Å². The number of amidine groups is 1. The standard InChI is InChI=1S/C19H15ClF4N4O/c1-10-5-14(21)13(6-11(10)3-4-16-26-8-12(20)9-27-16)18(2)7-15(19(22,23)24)29-17(25)28-18/h5-6,8-9,15H,7H2,1-2H3,(H2,25,28). The second-order valence-corrected chi connectivity index (χ2v) is 7.13. The van der Waals surface area contributed by atoms with Crippen molar-refractivity contribution in [2.24, 2.45) is 10.7 Å². The molecule has 2 N–H and O–H groups in total. The van der Waals surface area contributed by atoms with Crippen LogP contribution in [0.5, 0.6) is 0 Å². The van der Waals surface area contributed by atoms with E-state index in [1.54, 1.807) is 6.92 Å². The molecule has 0 spiro atoms. The maximum Gasteiger partial charge on any atom is 0.425 e. The quantitative estimate of drug-likeness (QED) is 0.555. The third kappa shape index (κ3) is 4.59. The van der Waals surface area contributed by atoms with Gasteiger partial charge in [-0.1, -0.05) is 17.5 Å². The largest absolute Gasteiger partial charge is 0.452 e. The summed E-state index contributed by atoms with van der Waals surface area (Å²) in [6, 6.07) is 1.91. The number of nitrogens with zero attached hydrogens (tertiary/aromatic N) is 3. The van der Waals surface area contributed by atoms with Gasteiger partial charge in [0, 0.05) is 17.5 Å². The van der Waals surface area contributed by atoms with Gasteiger partial charge in [0.1, 0.15) is 5.82 Å². The lowest BCUT2D eigenvalue weighted by molar-refractivity contribution is -0.208. The van der Waals surface area contributed by atoms with Crippen LogP contribution in [0.2, 0.25) is 5.02 Å². The van der Waals surface area contributed by atoms with Crippen LogP contribution in [0.4, 0.5) is 17.6 Å². The number of aryl methyl sites for hydroxylation is 1. The highest BCUT2D eigenvalue weighted by Crippen LogP contribution is 2.41. The van der Waals surface area contributed by atoms with Crippen molar-refractivity contribution >= 4 is 17.6 Å². The number of halogens is 5. The van der Waals surface area contributed by atoms with Crippen molar-refractivity contribution in [3.8, 4) is 11.8 Å². The zero-order valence-electron chi connectivity index (χ0n) is 15.3. The highest BCUT2D eigenvalue weighted by molar-refractivity contribution is 6.30. The predicted octanol–water partition coefficient (Wildman–Crippen LogP) is 3.86. The van der Waals surface area contributed by atoms with Crippen LogP contribution in [0.1, 0.15) is 35.9 Å². The first-order valence-corrected chi connectivity index (χ1v) is 8.74. The van der Waals surface area contributed by atoms with E-state index in [1.165, 1.54) is 31.5 Å². The SMILES string of the molecule is Cc1cc(F)c(C2(C)CC(C(F)(F)F)OC(N)=N2)cc1C#Cc1ncc(Cl)cn1. The maximum absolute atomic E-state index is 14.7. The summed E-state index contributed by atoms with van der Waals surface area (Å²) < 4.78 is 58.8. The Hall–Kier alpha value is -2.86. The van der Waals surface area contributed by atoms with Crippen molar-refractivity contribution < 1.29 is 22.3 Å². The summed E-state index contributed by atoms with van der Waals surface area (Å²) in [5.41, 5.74) is 4.70. The fourth-order valence-corrected chi connectivity index (χ4v) is 3.03. The topological polar surface area (TPSA) is 73.4 Å². The maximum atomic E-state index is 14.7. The van der Waals surface area contributed by atoms with E-state index in [4.69, 9.17) is 17.3 Å². The molecule has 3 rings (SSSR count). The second-order valence-electron chi connectivity index (χ2n) is 6.70. The first-order chi connectivity index (χ1) is 13.5. The fourth-order valence-electron chi connectivity index (χ4n) is 2.94. The Morgan fingerprint density at radius 1 is 1.24 bits per heavy atom. The Kier molecular flexibility index (Phi) is 5.41. The van der Waals surface area contributed by atoms with E-state index in [-0.39, 0.29) is 11.4 Å². The summed E-state index contributed by atoms with van der Waals surface area (Å²) in [5, 5.41) is 0.345. The van der Waals surface area contributed by atoms with E-state index in [2.05, 4.69) is 31.5 Å². The molecule has 0 fully saturated rings. The van der Waals surface area contributed by atoms with Gasteiger partial charge < -0.3 is 10.5 Å². The number of rotatable bonds is 1. The molecule has 1 aromatic carbocycles. The van der Waals surface area contributed by atoms with Crippen LogP contribution in [0.15, 0.2) is 29.5 Å². The molecule has 2 heterocycles. The molecule has 0 aliphatic carbocycles. The molecule has 0 saturated heterocycles. The van der Waals surface area contributed by atoms with Crippen molar-refractivity contribution in [2.45, 2.75) is 38.1 Å². The molecule has 2 atom stereocenters. The van der Waals surface area contributed by atoms with E-state index < -0.39 is 36.1 Å². The van der Waals surface area contributed by atoms with Gasteiger partial charge in [-0.25, -0.2) is 19.4 Å². The molecule has 5 nitrogen and oxygen atoms in total. The second kappa shape index (κ2) is 7.52. The molecule has 29 heavy (non-hydrogen) atoms. The monoisotopic (exact) mass is 426 g/mol. The first-order valence-electron chi connectivity index (χ1n) is 8.37. The van der Waals surface area contributed by atoms with Crippen LogP contribution in [-0.2, 0) is 10.3 Å². The summed E-state index contributed by atoms with van der Waals surface area (Å²) in [6.45, 7) is 3.00. The molecular formula is C19H15ClF4N4O. The molecule has 2 unspecified atom stereocenters. The zero-order chi connectivity index (χ0) is 21.4. The molecule has 0 radical (unpaired) electrons. The lowest BCUT2D eigenvalue weighted by Crippen LogP contribution is -2.46. The lowest BCUT2D eigenvalue weighted by atomic mass is 9.84. The minimum absolute atomic E-state index is 0.0649. The van der Waals surface area contributed by atoms with Crippen LogP contribution in [0.3, 0.4) is 0 Å². The number of alkyl halides is 3. The van der Waals surface area contributed by atoms with Gasteiger partial charge in [-0.05, 0) is 37.5 Å². The summed E-state index contributed by atoms with van der Waals surface area (Å²) in [5.74, 6) is 5.00. The summed E-state index contributed by atoms with van der Waals surface area (Å²) in [7, 11) is 0.